The summed E-state index contributed by atoms with van der Waals surface area (Å²) >= 11 is 0. The Morgan fingerprint density at radius 1 is 1.08 bits per heavy atom. The number of aliphatic hydroxyl groups is 1. The van der Waals surface area contributed by atoms with E-state index in [9.17, 15) is 15.0 Å². The molecule has 36 heavy (non-hydrogen) atoms. The lowest BCUT2D eigenvalue weighted by molar-refractivity contribution is -0.150. The minimum Gasteiger partial charge on any atom is -0.496 e. The molecule has 3 aromatic rings. The first kappa shape index (κ1) is 24.0. The molecule has 0 spiro atoms. The van der Waals surface area contributed by atoms with E-state index in [4.69, 9.17) is 18.9 Å². The fraction of sp³-hybridized carbons (Fsp3) is 0.345. The summed E-state index contributed by atoms with van der Waals surface area (Å²) in [5, 5.41) is 20.7. The molecule has 1 aliphatic heterocycles. The number of para-hydroxylation sites is 1. The number of ether oxygens (including phenoxy) is 4. The van der Waals surface area contributed by atoms with Gasteiger partial charge in [-0.3, -0.25) is 4.79 Å². The molecule has 2 aliphatic rings. The summed E-state index contributed by atoms with van der Waals surface area (Å²) in [5.74, 6) is 1.16. The van der Waals surface area contributed by atoms with Gasteiger partial charge in [0.15, 0.2) is 11.5 Å². The molecule has 1 heterocycles. The van der Waals surface area contributed by atoms with E-state index < -0.39 is 17.3 Å². The standard InChI is InChI=1S/C29H30O7/c1-3-14-34-24-11-9-19-21(26(24)20-6-4-5-7-22(20)33-2)16-29(12-13-30,28(31)32)27(19)18-8-10-23-25(15-18)36-17-35-23/h4-11,15,27,30H,3,12-14,16-17H2,1-2H3,(H,31,32). The van der Waals surface area contributed by atoms with Crippen molar-refractivity contribution < 1.29 is 34.0 Å². The summed E-state index contributed by atoms with van der Waals surface area (Å²) in [6.45, 7) is 2.47. The summed E-state index contributed by atoms with van der Waals surface area (Å²) in [5.41, 5.74) is 3.04. The Bertz CT molecular complexity index is 1280. The molecule has 3 aromatic carbocycles. The molecule has 2 N–H and O–H groups in total. The quantitative estimate of drug-likeness (QED) is 0.435. The highest BCUT2D eigenvalue weighted by atomic mass is 16.7. The number of carbonyl (C=O) groups is 1. The molecule has 0 aromatic heterocycles. The third-order valence-electron chi connectivity index (χ3n) is 7.22. The highest BCUT2D eigenvalue weighted by Gasteiger charge is 2.53. The summed E-state index contributed by atoms with van der Waals surface area (Å²) in [7, 11) is 1.62. The van der Waals surface area contributed by atoms with Crippen LogP contribution in [0.1, 0.15) is 42.4 Å². The third-order valence-corrected chi connectivity index (χ3v) is 7.22. The molecular formula is C29H30O7. The molecule has 0 amide bonds. The molecule has 0 saturated heterocycles. The van der Waals surface area contributed by atoms with E-state index in [-0.39, 0.29) is 26.2 Å². The zero-order valence-electron chi connectivity index (χ0n) is 20.5. The number of methoxy groups -OCH3 is 1. The van der Waals surface area contributed by atoms with Gasteiger partial charge in [0.1, 0.15) is 11.5 Å². The number of carboxylic acids is 1. The van der Waals surface area contributed by atoms with Crippen molar-refractivity contribution in [3.63, 3.8) is 0 Å². The largest absolute Gasteiger partial charge is 0.496 e. The molecule has 0 saturated carbocycles. The van der Waals surface area contributed by atoms with E-state index in [2.05, 4.69) is 0 Å². The molecule has 2 atom stereocenters. The van der Waals surface area contributed by atoms with Gasteiger partial charge in [0, 0.05) is 23.7 Å². The molecule has 2 unspecified atom stereocenters. The van der Waals surface area contributed by atoms with Crippen LogP contribution in [0.3, 0.4) is 0 Å². The highest BCUT2D eigenvalue weighted by Crippen LogP contribution is 2.58. The van der Waals surface area contributed by atoms with Crippen molar-refractivity contribution in [2.75, 3.05) is 27.1 Å². The summed E-state index contributed by atoms with van der Waals surface area (Å²) in [6.07, 6.45) is 1.19. The van der Waals surface area contributed by atoms with Crippen LogP contribution >= 0.6 is 0 Å². The van der Waals surface area contributed by atoms with Crippen LogP contribution in [0.25, 0.3) is 11.1 Å². The van der Waals surface area contributed by atoms with Crippen molar-refractivity contribution >= 4 is 5.97 Å². The first-order chi connectivity index (χ1) is 17.5. The van der Waals surface area contributed by atoms with Crippen LogP contribution in [0.5, 0.6) is 23.0 Å². The zero-order chi connectivity index (χ0) is 25.3. The Morgan fingerprint density at radius 3 is 2.64 bits per heavy atom. The topological polar surface area (TPSA) is 94.5 Å². The molecule has 5 rings (SSSR count). The van der Waals surface area contributed by atoms with E-state index >= 15 is 0 Å². The number of hydrogen-bond acceptors (Lipinski definition) is 6. The van der Waals surface area contributed by atoms with E-state index in [1.54, 1.807) is 7.11 Å². The summed E-state index contributed by atoms with van der Waals surface area (Å²) in [6, 6.07) is 17.2. The molecule has 0 fully saturated rings. The van der Waals surface area contributed by atoms with Gasteiger partial charge >= 0.3 is 5.97 Å². The Labute approximate surface area is 210 Å². The van der Waals surface area contributed by atoms with Gasteiger partial charge in [0.2, 0.25) is 6.79 Å². The minimum atomic E-state index is -1.25. The van der Waals surface area contributed by atoms with Gasteiger partial charge in [0.05, 0.1) is 19.1 Å². The molecule has 0 bridgehead atoms. The lowest BCUT2D eigenvalue weighted by Crippen LogP contribution is -2.37. The summed E-state index contributed by atoms with van der Waals surface area (Å²) in [4.78, 5) is 13.0. The van der Waals surface area contributed by atoms with Gasteiger partial charge in [-0.25, -0.2) is 0 Å². The zero-order valence-corrected chi connectivity index (χ0v) is 20.5. The lowest BCUT2D eigenvalue weighted by atomic mass is 9.70. The highest BCUT2D eigenvalue weighted by molar-refractivity contribution is 5.86. The van der Waals surface area contributed by atoms with Crippen LogP contribution in [0, 0.1) is 5.41 Å². The lowest BCUT2D eigenvalue weighted by Gasteiger charge is -2.31. The normalized spacial score (nSPS) is 19.7. The van der Waals surface area contributed by atoms with Gasteiger partial charge in [-0.1, -0.05) is 37.3 Å². The monoisotopic (exact) mass is 490 g/mol. The maximum absolute atomic E-state index is 13.0. The Hall–Kier alpha value is -3.71. The van der Waals surface area contributed by atoms with E-state index in [0.717, 1.165) is 34.2 Å². The number of aliphatic carboxylic acids is 1. The van der Waals surface area contributed by atoms with Crippen LogP contribution in [-0.2, 0) is 11.2 Å². The molecule has 188 valence electrons. The fourth-order valence-electron chi connectivity index (χ4n) is 5.63. The Balaban J connectivity index is 1.77. The Kier molecular flexibility index (Phi) is 6.49. The molecule has 1 aliphatic carbocycles. The van der Waals surface area contributed by atoms with Crippen molar-refractivity contribution in [3.05, 3.63) is 71.3 Å². The second-order valence-corrected chi connectivity index (χ2v) is 9.21. The van der Waals surface area contributed by atoms with Crippen molar-refractivity contribution in [1.82, 2.24) is 0 Å². The second-order valence-electron chi connectivity index (χ2n) is 9.21. The number of carboxylic acid groups (broad SMARTS) is 1. The average molecular weight is 491 g/mol. The fourth-order valence-corrected chi connectivity index (χ4v) is 5.63. The van der Waals surface area contributed by atoms with E-state index in [1.807, 2.05) is 61.5 Å². The van der Waals surface area contributed by atoms with Crippen LogP contribution in [0.15, 0.2) is 54.6 Å². The molecule has 7 heteroatoms. The maximum atomic E-state index is 13.0. The smallest absolute Gasteiger partial charge is 0.311 e. The van der Waals surface area contributed by atoms with Crippen LogP contribution in [0.2, 0.25) is 0 Å². The number of benzene rings is 3. The molecule has 7 nitrogen and oxygen atoms in total. The molecule has 0 radical (unpaired) electrons. The van der Waals surface area contributed by atoms with Crippen molar-refractivity contribution in [3.8, 4) is 34.1 Å². The number of fused-ring (bicyclic) bond motifs is 2. The van der Waals surface area contributed by atoms with Crippen LogP contribution in [-0.4, -0.2) is 43.3 Å². The van der Waals surface area contributed by atoms with Gasteiger partial charge < -0.3 is 29.2 Å². The first-order valence-corrected chi connectivity index (χ1v) is 12.2. The van der Waals surface area contributed by atoms with Crippen LogP contribution < -0.4 is 18.9 Å². The van der Waals surface area contributed by atoms with Crippen molar-refractivity contribution in [2.24, 2.45) is 5.41 Å². The van der Waals surface area contributed by atoms with Crippen molar-refractivity contribution in [2.45, 2.75) is 32.1 Å². The minimum absolute atomic E-state index is 0.104. The predicted molar refractivity (Wildman–Crippen MR) is 134 cm³/mol. The Morgan fingerprint density at radius 2 is 1.89 bits per heavy atom. The van der Waals surface area contributed by atoms with Gasteiger partial charge in [-0.15, -0.1) is 0 Å². The van der Waals surface area contributed by atoms with Gasteiger partial charge in [0.25, 0.3) is 0 Å². The molecular weight excluding hydrogens is 460 g/mol. The van der Waals surface area contributed by atoms with Crippen molar-refractivity contribution in [1.29, 1.82) is 0 Å². The van der Waals surface area contributed by atoms with E-state index in [0.29, 0.717) is 29.6 Å². The number of rotatable bonds is 9. The number of hydrogen-bond donors (Lipinski definition) is 2. The predicted octanol–water partition coefficient (Wildman–Crippen LogP) is 5.02. The van der Waals surface area contributed by atoms with Gasteiger partial charge in [-0.2, -0.15) is 0 Å². The summed E-state index contributed by atoms with van der Waals surface area (Å²) < 4.78 is 22.9. The van der Waals surface area contributed by atoms with E-state index in [1.165, 1.54) is 0 Å². The number of aliphatic hydroxyl groups excluding tert-OH is 1. The average Bonchev–Trinajstić information content (AvgIpc) is 3.49. The van der Waals surface area contributed by atoms with Crippen LogP contribution in [0.4, 0.5) is 0 Å². The SMILES string of the molecule is CCCOc1ccc2c(c1-c1ccccc1OC)CC(CCO)(C(=O)O)C2c1ccc2c(c1)OCO2. The second kappa shape index (κ2) is 9.74. The maximum Gasteiger partial charge on any atom is 0.311 e. The van der Waals surface area contributed by atoms with Gasteiger partial charge in [-0.05, 0) is 60.2 Å². The third kappa shape index (κ3) is 3.84. The first-order valence-electron chi connectivity index (χ1n) is 12.2.